The van der Waals surface area contributed by atoms with E-state index in [1.54, 1.807) is 26.2 Å². The van der Waals surface area contributed by atoms with Gasteiger partial charge in [0.25, 0.3) is 5.69 Å². The number of hydrogen-bond acceptors (Lipinski definition) is 4. The molecule has 0 atom stereocenters. The van der Waals surface area contributed by atoms with Crippen LogP contribution in [0.4, 0.5) is 11.4 Å². The molecule has 0 radical (unpaired) electrons. The van der Waals surface area contributed by atoms with Crippen LogP contribution in [0.1, 0.15) is 11.1 Å². The Morgan fingerprint density at radius 2 is 1.95 bits per heavy atom. The van der Waals surface area contributed by atoms with Crippen molar-refractivity contribution in [1.29, 1.82) is 0 Å². The summed E-state index contributed by atoms with van der Waals surface area (Å²) in [5.41, 5.74) is 2.49. The minimum atomic E-state index is -0.375. The number of nitro groups is 1. The first-order valence-corrected chi connectivity index (χ1v) is 7.12. The molecule has 0 spiro atoms. The van der Waals surface area contributed by atoms with Gasteiger partial charge in [-0.2, -0.15) is 0 Å². The highest BCUT2D eigenvalue weighted by molar-refractivity contribution is 9.10. The molecule has 1 N–H and O–H groups in total. The Hall–Kier alpha value is -2.08. The first-order valence-electron chi connectivity index (χ1n) is 6.32. The van der Waals surface area contributed by atoms with Gasteiger partial charge in [0.1, 0.15) is 5.75 Å². The molecule has 21 heavy (non-hydrogen) atoms. The van der Waals surface area contributed by atoms with Crippen LogP contribution >= 0.6 is 15.9 Å². The van der Waals surface area contributed by atoms with Gasteiger partial charge in [-0.1, -0.05) is 12.1 Å². The SMILES string of the molecule is COc1ccc(CNc2cc([N+](=O)[O-])c(C)cc2Br)cc1. The first-order chi connectivity index (χ1) is 10.0. The zero-order valence-corrected chi connectivity index (χ0v) is 13.3. The van der Waals surface area contributed by atoms with Gasteiger partial charge in [-0.15, -0.1) is 0 Å². The average Bonchev–Trinajstić information content (AvgIpc) is 2.46. The number of methoxy groups -OCH3 is 1. The molecule has 0 heterocycles. The molecule has 0 unspecified atom stereocenters. The molecule has 0 aliphatic rings. The number of halogens is 1. The predicted octanol–water partition coefficient (Wildman–Crippen LogP) is 4.29. The monoisotopic (exact) mass is 350 g/mol. The van der Waals surface area contributed by atoms with E-state index >= 15 is 0 Å². The fourth-order valence-corrected chi connectivity index (χ4v) is 2.53. The number of benzene rings is 2. The number of hydrogen-bond donors (Lipinski definition) is 1. The molecule has 0 aromatic heterocycles. The Kier molecular flexibility index (Phi) is 4.80. The van der Waals surface area contributed by atoms with Gasteiger partial charge in [0, 0.05) is 22.6 Å². The van der Waals surface area contributed by atoms with Gasteiger partial charge in [-0.05, 0) is 46.6 Å². The highest BCUT2D eigenvalue weighted by atomic mass is 79.9. The summed E-state index contributed by atoms with van der Waals surface area (Å²) in [7, 11) is 1.62. The summed E-state index contributed by atoms with van der Waals surface area (Å²) < 4.78 is 5.91. The van der Waals surface area contributed by atoms with E-state index in [4.69, 9.17) is 4.74 Å². The molecule has 6 heteroatoms. The van der Waals surface area contributed by atoms with Crippen molar-refractivity contribution in [3.05, 3.63) is 62.1 Å². The van der Waals surface area contributed by atoms with Crippen LogP contribution in [-0.2, 0) is 6.54 Å². The van der Waals surface area contributed by atoms with Crippen LogP contribution < -0.4 is 10.1 Å². The fourth-order valence-electron chi connectivity index (χ4n) is 1.93. The Morgan fingerprint density at radius 3 is 2.52 bits per heavy atom. The lowest BCUT2D eigenvalue weighted by Gasteiger charge is -2.10. The number of ether oxygens (including phenoxy) is 1. The maximum Gasteiger partial charge on any atom is 0.274 e. The Balaban J connectivity index is 2.15. The zero-order valence-electron chi connectivity index (χ0n) is 11.7. The molecule has 0 aliphatic carbocycles. The summed E-state index contributed by atoms with van der Waals surface area (Å²) in [5, 5.41) is 14.2. The van der Waals surface area contributed by atoms with Gasteiger partial charge in [0.2, 0.25) is 0 Å². The summed E-state index contributed by atoms with van der Waals surface area (Å²) >= 11 is 3.42. The Labute approximate surface area is 131 Å². The number of nitro benzene ring substituents is 1. The summed E-state index contributed by atoms with van der Waals surface area (Å²) in [6.45, 7) is 2.29. The summed E-state index contributed by atoms with van der Waals surface area (Å²) in [4.78, 5) is 10.6. The van der Waals surface area contributed by atoms with Gasteiger partial charge < -0.3 is 10.1 Å². The van der Waals surface area contributed by atoms with Gasteiger partial charge in [-0.25, -0.2) is 0 Å². The van der Waals surface area contributed by atoms with Gasteiger partial charge in [-0.3, -0.25) is 10.1 Å². The van der Waals surface area contributed by atoms with E-state index in [0.717, 1.165) is 15.8 Å². The third-order valence-electron chi connectivity index (χ3n) is 3.12. The maximum absolute atomic E-state index is 11.0. The van der Waals surface area contributed by atoms with Crippen LogP contribution in [0, 0.1) is 17.0 Å². The van der Waals surface area contributed by atoms with Crippen LogP contribution in [-0.4, -0.2) is 12.0 Å². The summed E-state index contributed by atoms with van der Waals surface area (Å²) in [6, 6.07) is 10.9. The van der Waals surface area contributed by atoms with E-state index in [2.05, 4.69) is 21.2 Å². The predicted molar refractivity (Wildman–Crippen MR) is 85.9 cm³/mol. The second-order valence-corrected chi connectivity index (χ2v) is 5.43. The first kappa shape index (κ1) is 15.3. The van der Waals surface area contributed by atoms with Crippen molar-refractivity contribution in [2.75, 3.05) is 12.4 Å². The topological polar surface area (TPSA) is 64.4 Å². The van der Waals surface area contributed by atoms with E-state index in [0.29, 0.717) is 17.8 Å². The van der Waals surface area contributed by atoms with Crippen molar-refractivity contribution < 1.29 is 9.66 Å². The lowest BCUT2D eigenvalue weighted by molar-refractivity contribution is -0.385. The van der Waals surface area contributed by atoms with Crippen molar-refractivity contribution in [3.63, 3.8) is 0 Å². The lowest BCUT2D eigenvalue weighted by atomic mass is 10.1. The third kappa shape index (κ3) is 3.72. The normalized spacial score (nSPS) is 10.2. The molecule has 0 fully saturated rings. The number of nitrogens with one attached hydrogen (secondary N) is 1. The minimum absolute atomic E-state index is 0.107. The third-order valence-corrected chi connectivity index (χ3v) is 3.78. The van der Waals surface area contributed by atoms with Crippen LogP contribution in [0.15, 0.2) is 40.9 Å². The number of rotatable bonds is 5. The molecule has 0 aliphatic heterocycles. The molecular weight excluding hydrogens is 336 g/mol. The van der Waals surface area contributed by atoms with Crippen LogP contribution in [0.25, 0.3) is 0 Å². The molecule has 0 bridgehead atoms. The fraction of sp³-hybridized carbons (Fsp3) is 0.200. The van der Waals surface area contributed by atoms with Crippen molar-refractivity contribution in [2.24, 2.45) is 0 Å². The summed E-state index contributed by atoms with van der Waals surface area (Å²) in [6.07, 6.45) is 0. The highest BCUT2D eigenvalue weighted by Gasteiger charge is 2.14. The van der Waals surface area contributed by atoms with Crippen molar-refractivity contribution in [1.82, 2.24) is 0 Å². The second kappa shape index (κ2) is 6.58. The van der Waals surface area contributed by atoms with Crippen LogP contribution in [0.3, 0.4) is 0 Å². The minimum Gasteiger partial charge on any atom is -0.497 e. The van der Waals surface area contributed by atoms with Crippen molar-refractivity contribution in [3.8, 4) is 5.75 Å². The van der Waals surface area contributed by atoms with E-state index in [9.17, 15) is 10.1 Å². The molecule has 110 valence electrons. The van der Waals surface area contributed by atoms with E-state index < -0.39 is 0 Å². The number of nitrogens with zero attached hydrogens (tertiary/aromatic N) is 1. The standard InChI is InChI=1S/C15H15BrN2O3/c1-10-7-13(16)14(8-15(10)18(19)20)17-9-11-3-5-12(21-2)6-4-11/h3-8,17H,9H2,1-2H3. The molecule has 0 saturated carbocycles. The molecule has 2 rings (SSSR count). The molecule has 0 amide bonds. The van der Waals surface area contributed by atoms with E-state index in [1.165, 1.54) is 0 Å². The van der Waals surface area contributed by atoms with E-state index in [1.807, 2.05) is 24.3 Å². The number of aryl methyl sites for hydroxylation is 1. The quantitative estimate of drug-likeness (QED) is 0.645. The number of anilines is 1. The molecule has 2 aromatic rings. The largest absolute Gasteiger partial charge is 0.497 e. The molecule has 2 aromatic carbocycles. The molecule has 5 nitrogen and oxygen atoms in total. The van der Waals surface area contributed by atoms with Crippen LogP contribution in [0.2, 0.25) is 0 Å². The lowest BCUT2D eigenvalue weighted by Crippen LogP contribution is -2.02. The van der Waals surface area contributed by atoms with Crippen LogP contribution in [0.5, 0.6) is 5.75 Å². The van der Waals surface area contributed by atoms with Crippen molar-refractivity contribution >= 4 is 27.3 Å². The molecule has 0 saturated heterocycles. The van der Waals surface area contributed by atoms with Gasteiger partial charge >= 0.3 is 0 Å². The van der Waals surface area contributed by atoms with Gasteiger partial charge in [0.05, 0.1) is 17.7 Å². The summed E-state index contributed by atoms with van der Waals surface area (Å²) in [5.74, 6) is 0.797. The average molecular weight is 351 g/mol. The van der Waals surface area contributed by atoms with Gasteiger partial charge in [0.15, 0.2) is 0 Å². The second-order valence-electron chi connectivity index (χ2n) is 4.58. The smallest absolute Gasteiger partial charge is 0.274 e. The highest BCUT2D eigenvalue weighted by Crippen LogP contribution is 2.31. The zero-order chi connectivity index (χ0) is 15.4. The van der Waals surface area contributed by atoms with Crippen molar-refractivity contribution in [2.45, 2.75) is 13.5 Å². The maximum atomic E-state index is 11.0. The molecular formula is C15H15BrN2O3. The Morgan fingerprint density at radius 1 is 1.29 bits per heavy atom. The van der Waals surface area contributed by atoms with E-state index in [-0.39, 0.29) is 10.6 Å². The Bertz CT molecular complexity index is 657.